The lowest BCUT2D eigenvalue weighted by Gasteiger charge is -2.08. The molecule has 7 nitrogen and oxygen atoms in total. The van der Waals surface area contributed by atoms with Gasteiger partial charge in [0.15, 0.2) is 6.61 Å². The van der Waals surface area contributed by atoms with Gasteiger partial charge in [0.2, 0.25) is 5.78 Å². The van der Waals surface area contributed by atoms with Gasteiger partial charge in [-0.25, -0.2) is 0 Å². The first-order chi connectivity index (χ1) is 13.4. The highest BCUT2D eigenvalue weighted by Crippen LogP contribution is 2.16. The van der Waals surface area contributed by atoms with Crippen molar-refractivity contribution in [2.75, 3.05) is 20.3 Å². The first-order valence-electron chi connectivity index (χ1n) is 8.76. The van der Waals surface area contributed by atoms with E-state index in [0.717, 1.165) is 11.4 Å². The molecule has 0 bridgehead atoms. The fraction of sp³-hybridized carbons (Fsp3) is 0.286. The van der Waals surface area contributed by atoms with Crippen molar-refractivity contribution >= 4 is 17.7 Å². The predicted molar refractivity (Wildman–Crippen MR) is 105 cm³/mol. The predicted octanol–water partition coefficient (Wildman–Crippen LogP) is 2.46. The zero-order valence-electron chi connectivity index (χ0n) is 16.3. The van der Waals surface area contributed by atoms with Crippen molar-refractivity contribution in [3.8, 4) is 5.75 Å². The normalized spacial score (nSPS) is 10.2. The molecule has 0 radical (unpaired) electrons. The van der Waals surface area contributed by atoms with Crippen molar-refractivity contribution in [2.24, 2.45) is 0 Å². The number of hydrogen-bond donors (Lipinski definition) is 1. The number of ether oxygens (including phenoxy) is 2. The second kappa shape index (κ2) is 9.55. The average molecular weight is 384 g/mol. The molecule has 148 valence electrons. The summed E-state index contributed by atoms with van der Waals surface area (Å²) in [5, 5.41) is 2.46. The molecule has 28 heavy (non-hydrogen) atoms. The Morgan fingerprint density at radius 2 is 1.96 bits per heavy atom. The average Bonchev–Trinajstić information content (AvgIpc) is 2.98. The molecule has 0 aliphatic heterocycles. The monoisotopic (exact) mass is 384 g/mol. The number of ketones is 1. The van der Waals surface area contributed by atoms with Crippen LogP contribution in [-0.4, -0.2) is 42.5 Å². The number of aryl methyl sites for hydroxylation is 1. The molecule has 0 fully saturated rings. The first-order valence-corrected chi connectivity index (χ1v) is 8.76. The van der Waals surface area contributed by atoms with Gasteiger partial charge in [-0.15, -0.1) is 6.58 Å². The lowest BCUT2D eigenvalue weighted by Crippen LogP contribution is -2.31. The summed E-state index contributed by atoms with van der Waals surface area (Å²) in [7, 11) is 1.50. The quantitative estimate of drug-likeness (QED) is 0.408. The Morgan fingerprint density at radius 3 is 2.64 bits per heavy atom. The maximum atomic E-state index is 12.4. The number of esters is 1. The van der Waals surface area contributed by atoms with Crippen LogP contribution < -0.4 is 10.1 Å². The number of Topliss-reactive ketones (excluding diaryl/α,β-unsaturated/α-hetero) is 1. The molecule has 1 amide bonds. The SMILES string of the molecule is C=CCn1c(C)cc(C(=O)COC(=O)CNC(=O)c2cccc(OC)c2)c1C. The second-order valence-corrected chi connectivity index (χ2v) is 6.18. The number of aromatic nitrogens is 1. The maximum Gasteiger partial charge on any atom is 0.325 e. The third-order valence-corrected chi connectivity index (χ3v) is 4.28. The summed E-state index contributed by atoms with van der Waals surface area (Å²) in [4.78, 5) is 36.3. The van der Waals surface area contributed by atoms with Crippen LogP contribution in [-0.2, 0) is 16.1 Å². The van der Waals surface area contributed by atoms with E-state index < -0.39 is 11.9 Å². The molecule has 2 rings (SSSR count). The number of rotatable bonds is 9. The summed E-state index contributed by atoms with van der Waals surface area (Å²) in [6.45, 7) is 7.31. The summed E-state index contributed by atoms with van der Waals surface area (Å²) in [6.07, 6.45) is 1.75. The molecule has 7 heteroatoms. The summed E-state index contributed by atoms with van der Waals surface area (Å²) in [5.41, 5.74) is 2.59. The summed E-state index contributed by atoms with van der Waals surface area (Å²) < 4.78 is 12.0. The Kier molecular flexibility index (Phi) is 7.14. The van der Waals surface area contributed by atoms with Gasteiger partial charge in [0.25, 0.3) is 5.91 Å². The third-order valence-electron chi connectivity index (χ3n) is 4.28. The minimum atomic E-state index is -0.690. The van der Waals surface area contributed by atoms with Crippen LogP contribution in [0, 0.1) is 13.8 Å². The van der Waals surface area contributed by atoms with E-state index in [1.54, 1.807) is 36.4 Å². The maximum absolute atomic E-state index is 12.4. The lowest BCUT2D eigenvalue weighted by molar-refractivity contribution is -0.141. The van der Waals surface area contributed by atoms with E-state index >= 15 is 0 Å². The zero-order valence-corrected chi connectivity index (χ0v) is 16.3. The molecule has 1 heterocycles. The molecule has 2 aromatic rings. The number of methoxy groups -OCH3 is 1. The highest BCUT2D eigenvalue weighted by atomic mass is 16.5. The van der Waals surface area contributed by atoms with Crippen LogP contribution in [0.15, 0.2) is 43.0 Å². The van der Waals surface area contributed by atoms with Crippen LogP contribution >= 0.6 is 0 Å². The summed E-state index contributed by atoms with van der Waals surface area (Å²) >= 11 is 0. The van der Waals surface area contributed by atoms with E-state index in [1.165, 1.54) is 7.11 Å². The standard InChI is InChI=1S/C21H24N2O5/c1-5-9-23-14(2)10-18(15(23)3)19(24)13-28-20(25)12-22-21(26)16-7-6-8-17(11-16)27-4/h5-8,10-11H,1,9,12-13H2,2-4H3,(H,22,26). The van der Waals surface area contributed by atoms with Crippen LogP contribution in [0.5, 0.6) is 5.75 Å². The summed E-state index contributed by atoms with van der Waals surface area (Å²) in [6, 6.07) is 8.31. The van der Waals surface area contributed by atoms with Crippen LogP contribution in [0.4, 0.5) is 0 Å². The van der Waals surface area contributed by atoms with E-state index in [9.17, 15) is 14.4 Å². The number of amides is 1. The van der Waals surface area contributed by atoms with Crippen LogP contribution in [0.3, 0.4) is 0 Å². The third kappa shape index (κ3) is 5.09. The molecule has 0 spiro atoms. The number of hydrogen-bond acceptors (Lipinski definition) is 5. The van der Waals surface area contributed by atoms with Crippen molar-refractivity contribution < 1.29 is 23.9 Å². The van der Waals surface area contributed by atoms with Gasteiger partial charge in [-0.2, -0.15) is 0 Å². The Labute approximate surface area is 163 Å². The Hall–Kier alpha value is -3.35. The fourth-order valence-corrected chi connectivity index (χ4v) is 2.79. The van der Waals surface area contributed by atoms with E-state index in [2.05, 4.69) is 11.9 Å². The Morgan fingerprint density at radius 1 is 1.21 bits per heavy atom. The van der Waals surface area contributed by atoms with Gasteiger partial charge in [-0.1, -0.05) is 12.1 Å². The van der Waals surface area contributed by atoms with E-state index in [1.807, 2.05) is 18.4 Å². The molecule has 1 aromatic carbocycles. The molecule has 0 aliphatic carbocycles. The van der Waals surface area contributed by atoms with Gasteiger partial charge in [-0.05, 0) is 38.1 Å². The first kappa shape index (κ1) is 21.0. The van der Waals surface area contributed by atoms with Gasteiger partial charge in [0, 0.05) is 29.1 Å². The van der Waals surface area contributed by atoms with Crippen molar-refractivity contribution in [1.82, 2.24) is 9.88 Å². The molecular formula is C21H24N2O5. The van der Waals surface area contributed by atoms with Gasteiger partial charge in [0.1, 0.15) is 12.3 Å². The second-order valence-electron chi connectivity index (χ2n) is 6.18. The Bertz CT molecular complexity index is 898. The minimum absolute atomic E-state index is 0.295. The van der Waals surface area contributed by atoms with Crippen LogP contribution in [0.25, 0.3) is 0 Å². The number of nitrogens with zero attached hydrogens (tertiary/aromatic N) is 1. The lowest BCUT2D eigenvalue weighted by atomic mass is 10.1. The van der Waals surface area contributed by atoms with E-state index in [-0.39, 0.29) is 18.9 Å². The van der Waals surface area contributed by atoms with E-state index in [0.29, 0.717) is 23.4 Å². The molecule has 1 N–H and O–H groups in total. The minimum Gasteiger partial charge on any atom is -0.497 e. The van der Waals surface area contributed by atoms with Crippen molar-refractivity contribution in [2.45, 2.75) is 20.4 Å². The number of carbonyl (C=O) groups is 3. The van der Waals surface area contributed by atoms with E-state index in [4.69, 9.17) is 9.47 Å². The van der Waals surface area contributed by atoms with Crippen molar-refractivity contribution in [1.29, 1.82) is 0 Å². The van der Waals surface area contributed by atoms with Crippen molar-refractivity contribution in [3.63, 3.8) is 0 Å². The molecule has 0 saturated carbocycles. The van der Waals surface area contributed by atoms with Gasteiger partial charge >= 0.3 is 5.97 Å². The highest BCUT2D eigenvalue weighted by molar-refractivity contribution is 6.00. The van der Waals surface area contributed by atoms with Gasteiger partial charge in [0.05, 0.1) is 7.11 Å². The molecular weight excluding hydrogens is 360 g/mol. The van der Waals surface area contributed by atoms with Gasteiger partial charge in [-0.3, -0.25) is 14.4 Å². The number of carbonyl (C=O) groups excluding carboxylic acids is 3. The summed E-state index contributed by atoms with van der Waals surface area (Å²) in [5.74, 6) is -0.884. The number of allylic oxidation sites excluding steroid dienone is 1. The van der Waals surface area contributed by atoms with Crippen molar-refractivity contribution in [3.05, 3.63) is 65.5 Å². The molecule has 0 aliphatic rings. The molecule has 1 aromatic heterocycles. The fourth-order valence-electron chi connectivity index (χ4n) is 2.79. The largest absolute Gasteiger partial charge is 0.497 e. The number of benzene rings is 1. The smallest absolute Gasteiger partial charge is 0.325 e. The topological polar surface area (TPSA) is 86.6 Å². The van der Waals surface area contributed by atoms with Gasteiger partial charge < -0.3 is 19.4 Å². The molecule has 0 saturated heterocycles. The Balaban J connectivity index is 1.87. The number of nitrogens with one attached hydrogen (secondary N) is 1. The highest BCUT2D eigenvalue weighted by Gasteiger charge is 2.17. The zero-order chi connectivity index (χ0) is 20.7. The molecule has 0 unspecified atom stereocenters. The molecule has 0 atom stereocenters. The van der Waals surface area contributed by atoms with Crippen LogP contribution in [0.2, 0.25) is 0 Å². The van der Waals surface area contributed by atoms with Crippen LogP contribution in [0.1, 0.15) is 32.1 Å².